The van der Waals surface area contributed by atoms with Crippen LogP contribution in [-0.4, -0.2) is 54.5 Å². The number of carbonyl (C=O) groups is 3. The van der Waals surface area contributed by atoms with Crippen LogP contribution in [0.3, 0.4) is 0 Å². The summed E-state index contributed by atoms with van der Waals surface area (Å²) in [5.74, 6) is -0.490. The average molecular weight is 527 g/mol. The largest absolute Gasteiger partial charge is 0.492 e. The molecule has 1 aliphatic rings. The number of benzene rings is 2. The van der Waals surface area contributed by atoms with Gasteiger partial charge in [-0.05, 0) is 51.5 Å². The molecule has 0 saturated carbocycles. The summed E-state index contributed by atoms with van der Waals surface area (Å²) in [6.07, 6.45) is 3.93. The lowest BCUT2D eigenvalue weighted by Gasteiger charge is -2.33. The van der Waals surface area contributed by atoms with Gasteiger partial charge in [0.05, 0.1) is 5.54 Å². The molecule has 0 aromatic heterocycles. The molecule has 0 fully saturated rings. The Kier molecular flexibility index (Phi) is 9.34. The monoisotopic (exact) mass is 526 g/mol. The standard InChI is InChI=1S/C28H35ClN4O4/c1-27(2)26(36)33-28(3,4)25(35)32-22(18-19-9-7-12-21(29)17-19)24(34)30-14-8-11-20-10-5-6-13-23(20)37-16-15-31-27/h5-13,17,22,31H,14-16,18H2,1-4H3,(H,30,34)(H,32,35)(H,33,36)/t22-/m0/s1. The van der Waals surface area contributed by atoms with Crippen LogP contribution in [0.2, 0.25) is 5.02 Å². The molecule has 0 saturated heterocycles. The Morgan fingerprint density at radius 3 is 2.49 bits per heavy atom. The van der Waals surface area contributed by atoms with Crippen LogP contribution < -0.4 is 26.0 Å². The van der Waals surface area contributed by atoms with Crippen LogP contribution in [0, 0.1) is 0 Å². The Morgan fingerprint density at radius 1 is 0.973 bits per heavy atom. The van der Waals surface area contributed by atoms with Crippen molar-refractivity contribution in [2.24, 2.45) is 0 Å². The third kappa shape index (κ3) is 8.06. The van der Waals surface area contributed by atoms with E-state index in [1.165, 1.54) is 0 Å². The molecule has 198 valence electrons. The van der Waals surface area contributed by atoms with E-state index in [1.807, 2.05) is 42.5 Å². The molecule has 2 aromatic carbocycles. The van der Waals surface area contributed by atoms with Crippen molar-refractivity contribution in [1.82, 2.24) is 21.3 Å². The van der Waals surface area contributed by atoms with Crippen molar-refractivity contribution in [2.75, 3.05) is 19.7 Å². The SMILES string of the molecule is CC1(C)NCCOc2ccccc2C=CCNC(=O)[C@H](Cc2cccc(Cl)c2)NC(=O)C(C)(C)NC1=O. The van der Waals surface area contributed by atoms with Crippen molar-refractivity contribution in [3.63, 3.8) is 0 Å². The van der Waals surface area contributed by atoms with Crippen molar-refractivity contribution in [2.45, 2.75) is 51.2 Å². The first kappa shape index (κ1) is 28.2. The highest BCUT2D eigenvalue weighted by Crippen LogP contribution is 2.19. The van der Waals surface area contributed by atoms with E-state index in [2.05, 4.69) is 21.3 Å². The van der Waals surface area contributed by atoms with Crippen molar-refractivity contribution >= 4 is 35.4 Å². The molecule has 2 aromatic rings. The minimum Gasteiger partial charge on any atom is -0.492 e. The second-order valence-corrected chi connectivity index (χ2v) is 10.5. The second-order valence-electron chi connectivity index (χ2n) is 10.0. The van der Waals surface area contributed by atoms with Gasteiger partial charge in [-0.15, -0.1) is 0 Å². The van der Waals surface area contributed by atoms with Gasteiger partial charge in [0.15, 0.2) is 0 Å². The molecule has 37 heavy (non-hydrogen) atoms. The molecule has 1 heterocycles. The molecule has 0 aliphatic carbocycles. The highest BCUT2D eigenvalue weighted by atomic mass is 35.5. The zero-order valence-corrected chi connectivity index (χ0v) is 22.4. The normalized spacial score (nSPS) is 20.8. The molecular formula is C28H35ClN4O4. The number of halogens is 1. The van der Waals surface area contributed by atoms with Crippen molar-refractivity contribution < 1.29 is 19.1 Å². The minimum atomic E-state index is -1.27. The predicted octanol–water partition coefficient (Wildman–Crippen LogP) is 2.85. The number of hydrogen-bond acceptors (Lipinski definition) is 5. The van der Waals surface area contributed by atoms with Crippen LogP contribution in [0.25, 0.3) is 6.08 Å². The maximum absolute atomic E-state index is 13.2. The van der Waals surface area contributed by atoms with E-state index < -0.39 is 23.0 Å². The summed E-state index contributed by atoms with van der Waals surface area (Å²) in [5, 5.41) is 12.2. The summed E-state index contributed by atoms with van der Waals surface area (Å²) in [6, 6.07) is 13.8. The number of carbonyl (C=O) groups excluding carboxylic acids is 3. The van der Waals surface area contributed by atoms with E-state index in [1.54, 1.807) is 45.9 Å². The molecule has 4 N–H and O–H groups in total. The maximum atomic E-state index is 13.2. The first-order valence-electron chi connectivity index (χ1n) is 12.3. The minimum absolute atomic E-state index is 0.232. The van der Waals surface area contributed by atoms with E-state index in [0.29, 0.717) is 23.9 Å². The number of hydrogen-bond donors (Lipinski definition) is 4. The summed E-state index contributed by atoms with van der Waals surface area (Å²) >= 11 is 6.13. The van der Waals surface area contributed by atoms with Gasteiger partial charge in [-0.1, -0.05) is 54.1 Å². The lowest BCUT2D eigenvalue weighted by Crippen LogP contribution is -2.64. The summed E-state index contributed by atoms with van der Waals surface area (Å²) in [7, 11) is 0. The third-order valence-electron chi connectivity index (χ3n) is 6.05. The van der Waals surface area contributed by atoms with Crippen LogP contribution in [0.1, 0.15) is 38.8 Å². The second kappa shape index (κ2) is 12.3. The lowest BCUT2D eigenvalue weighted by molar-refractivity contribution is -0.136. The summed E-state index contributed by atoms with van der Waals surface area (Å²) in [6.45, 7) is 7.69. The quantitative estimate of drug-likeness (QED) is 0.481. The average Bonchev–Trinajstić information content (AvgIpc) is 2.83. The van der Waals surface area contributed by atoms with Gasteiger partial charge in [0, 0.05) is 30.1 Å². The van der Waals surface area contributed by atoms with Gasteiger partial charge in [0.25, 0.3) is 0 Å². The first-order chi connectivity index (χ1) is 17.5. The Hall–Kier alpha value is -3.36. The number of ether oxygens (including phenoxy) is 1. The Morgan fingerprint density at radius 2 is 1.73 bits per heavy atom. The number of amides is 3. The van der Waals surface area contributed by atoms with Crippen LogP contribution in [-0.2, 0) is 20.8 Å². The van der Waals surface area contributed by atoms with E-state index in [4.69, 9.17) is 16.3 Å². The van der Waals surface area contributed by atoms with Gasteiger partial charge in [0.2, 0.25) is 17.7 Å². The highest BCUT2D eigenvalue weighted by Gasteiger charge is 2.37. The molecule has 8 nitrogen and oxygen atoms in total. The zero-order valence-electron chi connectivity index (χ0n) is 21.7. The molecule has 0 radical (unpaired) electrons. The van der Waals surface area contributed by atoms with Crippen LogP contribution in [0.5, 0.6) is 5.75 Å². The van der Waals surface area contributed by atoms with Crippen molar-refractivity contribution in [1.29, 1.82) is 0 Å². The van der Waals surface area contributed by atoms with E-state index >= 15 is 0 Å². The lowest BCUT2D eigenvalue weighted by atomic mass is 9.97. The first-order valence-corrected chi connectivity index (χ1v) is 12.6. The summed E-state index contributed by atoms with van der Waals surface area (Å²) in [4.78, 5) is 39.5. The number of para-hydroxylation sites is 1. The molecule has 0 spiro atoms. The number of fused-ring (bicyclic) bond motifs is 1. The van der Waals surface area contributed by atoms with Crippen molar-refractivity contribution in [3.05, 3.63) is 70.8 Å². The molecule has 0 bridgehead atoms. The topological polar surface area (TPSA) is 109 Å². The Balaban J connectivity index is 1.88. The molecule has 1 atom stereocenters. The van der Waals surface area contributed by atoms with Gasteiger partial charge < -0.3 is 26.0 Å². The van der Waals surface area contributed by atoms with Gasteiger partial charge in [-0.3, -0.25) is 14.4 Å². The molecule has 9 heteroatoms. The van der Waals surface area contributed by atoms with E-state index in [9.17, 15) is 14.4 Å². The van der Waals surface area contributed by atoms with Gasteiger partial charge >= 0.3 is 0 Å². The smallest absolute Gasteiger partial charge is 0.245 e. The fraction of sp³-hybridized carbons (Fsp3) is 0.393. The van der Waals surface area contributed by atoms with Crippen LogP contribution in [0.15, 0.2) is 54.6 Å². The molecule has 3 amide bonds. The van der Waals surface area contributed by atoms with Gasteiger partial charge in [-0.2, -0.15) is 0 Å². The Labute approximate surface area is 223 Å². The predicted molar refractivity (Wildman–Crippen MR) is 145 cm³/mol. The zero-order chi connectivity index (χ0) is 27.1. The third-order valence-corrected chi connectivity index (χ3v) is 6.28. The summed E-state index contributed by atoms with van der Waals surface area (Å²) < 4.78 is 5.93. The maximum Gasteiger partial charge on any atom is 0.245 e. The fourth-order valence-corrected chi connectivity index (χ4v) is 3.98. The van der Waals surface area contributed by atoms with Crippen LogP contribution >= 0.6 is 11.6 Å². The van der Waals surface area contributed by atoms with Crippen molar-refractivity contribution in [3.8, 4) is 5.75 Å². The van der Waals surface area contributed by atoms with Gasteiger partial charge in [0.1, 0.15) is 23.9 Å². The number of rotatable bonds is 2. The van der Waals surface area contributed by atoms with E-state index in [0.717, 1.165) is 11.1 Å². The Bertz CT molecular complexity index is 1160. The van der Waals surface area contributed by atoms with E-state index in [-0.39, 0.29) is 24.8 Å². The number of nitrogens with one attached hydrogen (secondary N) is 4. The highest BCUT2D eigenvalue weighted by molar-refractivity contribution is 6.30. The molecule has 0 unspecified atom stereocenters. The molecule has 3 rings (SSSR count). The fourth-order valence-electron chi connectivity index (χ4n) is 3.77. The molecular weight excluding hydrogens is 492 g/mol. The van der Waals surface area contributed by atoms with Gasteiger partial charge in [-0.25, -0.2) is 0 Å². The molecule has 1 aliphatic heterocycles. The summed E-state index contributed by atoms with van der Waals surface area (Å²) in [5.41, 5.74) is -0.586. The van der Waals surface area contributed by atoms with Crippen LogP contribution in [0.4, 0.5) is 0 Å².